The van der Waals surface area contributed by atoms with Crippen molar-refractivity contribution in [1.82, 2.24) is 14.7 Å². The number of hydrogen-bond donors (Lipinski definition) is 1. The van der Waals surface area contributed by atoms with Gasteiger partial charge in [-0.05, 0) is 48.3 Å². The van der Waals surface area contributed by atoms with Crippen LogP contribution in [0.1, 0.15) is 13.3 Å². The third-order valence-electron chi connectivity index (χ3n) is 3.10. The van der Waals surface area contributed by atoms with Crippen LogP contribution >= 0.6 is 23.3 Å². The van der Waals surface area contributed by atoms with E-state index in [9.17, 15) is 4.79 Å². The van der Waals surface area contributed by atoms with Gasteiger partial charge in [0.25, 0.3) is 0 Å². The molecule has 0 radical (unpaired) electrons. The van der Waals surface area contributed by atoms with Gasteiger partial charge in [-0.25, -0.2) is 4.98 Å². The predicted molar refractivity (Wildman–Crippen MR) is 104 cm³/mol. The van der Waals surface area contributed by atoms with Crippen LogP contribution in [-0.4, -0.2) is 41.0 Å². The number of aromatic nitrogens is 2. The molecule has 1 aromatic carbocycles. The monoisotopic (exact) mass is 376 g/mol. The first-order chi connectivity index (χ1) is 12.2. The zero-order valence-corrected chi connectivity index (χ0v) is 16.0. The second kappa shape index (κ2) is 9.95. The summed E-state index contributed by atoms with van der Waals surface area (Å²) in [6.07, 6.45) is 4.64. The number of benzene rings is 1. The largest absolute Gasteiger partial charge is 0.497 e. The van der Waals surface area contributed by atoms with Crippen LogP contribution in [-0.2, 0) is 4.79 Å². The van der Waals surface area contributed by atoms with E-state index in [4.69, 9.17) is 4.74 Å². The zero-order chi connectivity index (χ0) is 18.1. The molecule has 0 spiro atoms. The Morgan fingerprint density at radius 1 is 1.40 bits per heavy atom. The number of allylic oxidation sites excluding steroid dienone is 1. The molecular formula is C17H20N4O2S2. The Morgan fingerprint density at radius 2 is 2.16 bits per heavy atom. The fourth-order valence-corrected chi connectivity index (χ4v) is 3.25. The summed E-state index contributed by atoms with van der Waals surface area (Å²) in [4.78, 5) is 20.5. The van der Waals surface area contributed by atoms with Crippen LogP contribution in [0.2, 0.25) is 0 Å². The number of rotatable bonds is 7. The van der Waals surface area contributed by atoms with Crippen LogP contribution in [0.25, 0.3) is 11.4 Å². The average molecular weight is 377 g/mol. The van der Waals surface area contributed by atoms with E-state index in [1.165, 1.54) is 23.3 Å². The van der Waals surface area contributed by atoms with Crippen molar-refractivity contribution in [3.8, 4) is 17.1 Å². The lowest BCUT2D eigenvalue weighted by atomic mass is 10.2. The molecule has 0 aliphatic heterocycles. The van der Waals surface area contributed by atoms with Crippen molar-refractivity contribution < 1.29 is 9.53 Å². The maximum Gasteiger partial charge on any atom is 0.235 e. The van der Waals surface area contributed by atoms with Gasteiger partial charge in [-0.1, -0.05) is 24.8 Å². The third-order valence-corrected chi connectivity index (χ3v) is 4.94. The Balaban J connectivity index is 1.90. The van der Waals surface area contributed by atoms with Gasteiger partial charge in [-0.2, -0.15) is 4.37 Å². The van der Waals surface area contributed by atoms with Crippen molar-refractivity contribution in [2.24, 2.45) is 4.99 Å². The highest BCUT2D eigenvalue weighted by molar-refractivity contribution is 8.01. The minimum absolute atomic E-state index is 0.118. The minimum Gasteiger partial charge on any atom is -0.497 e. The number of amidine groups is 1. The quantitative estimate of drug-likeness (QED) is 0.455. The van der Waals surface area contributed by atoms with Gasteiger partial charge in [0.15, 0.2) is 10.2 Å². The van der Waals surface area contributed by atoms with E-state index in [1.54, 1.807) is 20.2 Å². The molecule has 0 atom stereocenters. The molecule has 132 valence electrons. The fraction of sp³-hybridized carbons (Fsp3) is 0.294. The molecule has 1 aromatic heterocycles. The highest BCUT2D eigenvalue weighted by atomic mass is 32.2. The molecule has 2 rings (SSSR count). The molecule has 0 saturated carbocycles. The van der Waals surface area contributed by atoms with Crippen molar-refractivity contribution in [1.29, 1.82) is 0 Å². The lowest BCUT2D eigenvalue weighted by Gasteiger charge is -2.03. The number of carbonyl (C=O) groups is 1. The van der Waals surface area contributed by atoms with Crippen molar-refractivity contribution in [2.45, 2.75) is 17.7 Å². The number of methoxy groups -OCH3 is 1. The molecule has 0 unspecified atom stereocenters. The Hall–Kier alpha value is -2.19. The molecule has 8 heteroatoms. The van der Waals surface area contributed by atoms with Gasteiger partial charge in [-0.3, -0.25) is 9.79 Å². The van der Waals surface area contributed by atoms with E-state index in [-0.39, 0.29) is 11.7 Å². The van der Waals surface area contributed by atoms with E-state index in [0.29, 0.717) is 11.7 Å². The number of ether oxygens (including phenoxy) is 1. The second-order valence-corrected chi connectivity index (χ2v) is 6.84. The van der Waals surface area contributed by atoms with Crippen LogP contribution in [0.3, 0.4) is 0 Å². The summed E-state index contributed by atoms with van der Waals surface area (Å²) in [5.74, 6) is 2.14. The van der Waals surface area contributed by atoms with Crippen molar-refractivity contribution in [3.63, 3.8) is 0 Å². The highest BCUT2D eigenvalue weighted by Crippen LogP contribution is 2.26. The van der Waals surface area contributed by atoms with Gasteiger partial charge in [0, 0.05) is 12.6 Å². The van der Waals surface area contributed by atoms with Gasteiger partial charge in [0.05, 0.1) is 12.9 Å². The molecule has 25 heavy (non-hydrogen) atoms. The number of amides is 1. The SMILES string of the molecule is CC/C=C\C(=NC)NC(=O)CSc1nc(-c2ccc(OC)cc2)ns1. The van der Waals surface area contributed by atoms with Crippen molar-refractivity contribution in [2.75, 3.05) is 19.9 Å². The summed E-state index contributed by atoms with van der Waals surface area (Å²) in [7, 11) is 3.28. The van der Waals surface area contributed by atoms with E-state index in [1.807, 2.05) is 37.3 Å². The normalized spacial score (nSPS) is 11.7. The molecule has 1 heterocycles. The van der Waals surface area contributed by atoms with Crippen LogP contribution in [0.5, 0.6) is 5.75 Å². The van der Waals surface area contributed by atoms with Crippen molar-refractivity contribution in [3.05, 3.63) is 36.4 Å². The molecule has 0 fully saturated rings. The van der Waals surface area contributed by atoms with Crippen LogP contribution in [0.4, 0.5) is 0 Å². The maximum absolute atomic E-state index is 12.0. The summed E-state index contributed by atoms with van der Waals surface area (Å²) in [5.41, 5.74) is 0.915. The standard InChI is InChI=1S/C17H20N4O2S2/c1-4-5-6-14(18-2)19-15(22)11-24-17-20-16(21-25-17)12-7-9-13(23-3)10-8-12/h5-10H,4,11H2,1-3H3,(H,18,19,22)/b6-5-. The van der Waals surface area contributed by atoms with E-state index in [0.717, 1.165) is 22.1 Å². The highest BCUT2D eigenvalue weighted by Gasteiger charge is 2.10. The van der Waals surface area contributed by atoms with Gasteiger partial charge in [-0.15, -0.1) is 0 Å². The van der Waals surface area contributed by atoms with Crippen LogP contribution in [0, 0.1) is 0 Å². The second-order valence-electron chi connectivity index (χ2n) is 4.87. The number of aliphatic imine (C=N–C) groups is 1. The number of nitrogens with one attached hydrogen (secondary N) is 1. The Morgan fingerprint density at radius 3 is 2.80 bits per heavy atom. The summed E-state index contributed by atoms with van der Waals surface area (Å²) in [6.45, 7) is 2.03. The molecule has 0 aliphatic rings. The molecule has 1 amide bonds. The topological polar surface area (TPSA) is 76.5 Å². The molecule has 0 bridgehead atoms. The summed E-state index contributed by atoms with van der Waals surface area (Å²) in [6, 6.07) is 7.55. The molecule has 6 nitrogen and oxygen atoms in total. The lowest BCUT2D eigenvalue weighted by molar-refractivity contribution is -0.117. The summed E-state index contributed by atoms with van der Waals surface area (Å²) < 4.78 is 10.2. The first-order valence-electron chi connectivity index (χ1n) is 7.70. The minimum atomic E-state index is -0.118. The average Bonchev–Trinajstić information content (AvgIpc) is 3.12. The number of hydrogen-bond acceptors (Lipinski definition) is 7. The maximum atomic E-state index is 12.0. The number of nitrogens with zero attached hydrogens (tertiary/aromatic N) is 3. The summed E-state index contributed by atoms with van der Waals surface area (Å²) in [5, 5.41) is 2.77. The van der Waals surface area contributed by atoms with Gasteiger partial charge >= 0.3 is 0 Å². The van der Waals surface area contributed by atoms with Gasteiger partial charge in [0.1, 0.15) is 11.6 Å². The van der Waals surface area contributed by atoms with Crippen LogP contribution in [0.15, 0.2) is 45.7 Å². The third kappa shape index (κ3) is 5.99. The smallest absolute Gasteiger partial charge is 0.235 e. The van der Waals surface area contributed by atoms with E-state index >= 15 is 0 Å². The van der Waals surface area contributed by atoms with Crippen LogP contribution < -0.4 is 10.1 Å². The molecule has 2 aromatic rings. The molecular weight excluding hydrogens is 356 g/mol. The number of carbonyl (C=O) groups excluding carboxylic acids is 1. The van der Waals surface area contributed by atoms with Crippen molar-refractivity contribution >= 4 is 35.0 Å². The first-order valence-corrected chi connectivity index (χ1v) is 9.46. The Bertz CT molecular complexity index is 754. The van der Waals surface area contributed by atoms with E-state index in [2.05, 4.69) is 19.7 Å². The number of thioether (sulfide) groups is 1. The first kappa shape index (κ1) is 19.1. The molecule has 0 saturated heterocycles. The lowest BCUT2D eigenvalue weighted by Crippen LogP contribution is -2.30. The summed E-state index contributed by atoms with van der Waals surface area (Å²) >= 11 is 2.64. The zero-order valence-electron chi connectivity index (χ0n) is 14.4. The molecule has 0 aliphatic carbocycles. The predicted octanol–water partition coefficient (Wildman–Crippen LogP) is 3.42. The van der Waals surface area contributed by atoms with E-state index < -0.39 is 0 Å². The Labute approximate surface area is 155 Å². The van der Waals surface area contributed by atoms with Gasteiger partial charge < -0.3 is 10.1 Å². The Kier molecular flexibility index (Phi) is 7.62. The molecule has 1 N–H and O–H groups in total. The van der Waals surface area contributed by atoms with Gasteiger partial charge in [0.2, 0.25) is 5.91 Å². The fourth-order valence-electron chi connectivity index (χ4n) is 1.83.